The predicted molar refractivity (Wildman–Crippen MR) is 48.6 cm³/mol. The average Bonchev–Trinajstić information content (AvgIpc) is 2.24. The van der Waals surface area contributed by atoms with Gasteiger partial charge >= 0.3 is 0 Å². The van der Waals surface area contributed by atoms with Crippen LogP contribution in [0.4, 0.5) is 0 Å². The van der Waals surface area contributed by atoms with Crippen LogP contribution >= 0.6 is 11.3 Å². The lowest BCUT2D eigenvalue weighted by Gasteiger charge is -1.94. The quantitative estimate of drug-likeness (QED) is 0.620. The van der Waals surface area contributed by atoms with E-state index in [0.717, 1.165) is 23.1 Å². The lowest BCUT2D eigenvalue weighted by molar-refractivity contribution is 0.112. The zero-order valence-electron chi connectivity index (χ0n) is 7.10. The van der Waals surface area contributed by atoms with Crippen molar-refractivity contribution in [1.82, 2.24) is 0 Å². The lowest BCUT2D eigenvalue weighted by atomic mass is 10.1. The van der Waals surface area contributed by atoms with Gasteiger partial charge in [-0.1, -0.05) is 6.92 Å². The maximum atomic E-state index is 10.6. The Kier molecular flexibility index (Phi) is 2.45. The zero-order chi connectivity index (χ0) is 8.43. The van der Waals surface area contributed by atoms with Crippen LogP contribution in [0.2, 0.25) is 0 Å². The second-order valence-electron chi connectivity index (χ2n) is 2.58. The van der Waals surface area contributed by atoms with E-state index in [0.29, 0.717) is 0 Å². The molecule has 11 heavy (non-hydrogen) atoms. The summed E-state index contributed by atoms with van der Waals surface area (Å²) in [6, 6.07) is 0. The molecular formula is C9H12OS. The maximum absolute atomic E-state index is 10.6. The molecule has 0 aliphatic carbocycles. The Morgan fingerprint density at radius 1 is 1.36 bits per heavy atom. The molecule has 0 amide bonds. The van der Waals surface area contributed by atoms with E-state index in [2.05, 4.69) is 13.8 Å². The number of aldehydes is 1. The van der Waals surface area contributed by atoms with E-state index in [4.69, 9.17) is 0 Å². The van der Waals surface area contributed by atoms with Crippen LogP contribution in [-0.2, 0) is 6.42 Å². The molecule has 0 radical (unpaired) electrons. The topological polar surface area (TPSA) is 17.1 Å². The molecule has 0 saturated heterocycles. The van der Waals surface area contributed by atoms with E-state index >= 15 is 0 Å². The molecule has 1 rings (SSSR count). The summed E-state index contributed by atoms with van der Waals surface area (Å²) < 4.78 is 0. The molecule has 0 unspecified atom stereocenters. The van der Waals surface area contributed by atoms with E-state index in [1.807, 2.05) is 6.92 Å². The minimum atomic E-state index is 0.912. The molecule has 1 heterocycles. The van der Waals surface area contributed by atoms with Gasteiger partial charge in [0.2, 0.25) is 0 Å². The Morgan fingerprint density at radius 3 is 2.36 bits per heavy atom. The van der Waals surface area contributed by atoms with Crippen molar-refractivity contribution in [1.29, 1.82) is 0 Å². The van der Waals surface area contributed by atoms with Gasteiger partial charge in [0.15, 0.2) is 6.29 Å². The summed E-state index contributed by atoms with van der Waals surface area (Å²) in [6.45, 7) is 6.16. The molecule has 0 atom stereocenters. The molecular weight excluding hydrogens is 156 g/mol. The van der Waals surface area contributed by atoms with Crippen molar-refractivity contribution in [3.63, 3.8) is 0 Å². The van der Waals surface area contributed by atoms with Crippen molar-refractivity contribution in [2.75, 3.05) is 0 Å². The SMILES string of the molecule is CCc1c(C)sc(C)c1C=O. The fraction of sp³-hybridized carbons (Fsp3) is 0.444. The van der Waals surface area contributed by atoms with Gasteiger partial charge in [0.25, 0.3) is 0 Å². The van der Waals surface area contributed by atoms with Crippen LogP contribution < -0.4 is 0 Å². The Balaban J connectivity index is 3.28. The number of hydrogen-bond donors (Lipinski definition) is 0. The number of aryl methyl sites for hydroxylation is 2. The molecule has 1 nitrogen and oxygen atoms in total. The first kappa shape index (κ1) is 8.47. The first-order valence-electron chi connectivity index (χ1n) is 3.74. The van der Waals surface area contributed by atoms with Gasteiger partial charge in [0.1, 0.15) is 0 Å². The van der Waals surface area contributed by atoms with Gasteiger partial charge in [-0.05, 0) is 25.8 Å². The van der Waals surface area contributed by atoms with E-state index in [1.165, 1.54) is 10.4 Å². The van der Waals surface area contributed by atoms with Crippen molar-refractivity contribution >= 4 is 17.6 Å². The van der Waals surface area contributed by atoms with Gasteiger partial charge in [-0.25, -0.2) is 0 Å². The largest absolute Gasteiger partial charge is 0.298 e. The number of carbonyl (C=O) groups excluding carboxylic acids is 1. The van der Waals surface area contributed by atoms with E-state index in [9.17, 15) is 4.79 Å². The van der Waals surface area contributed by atoms with Crippen molar-refractivity contribution in [3.8, 4) is 0 Å². The van der Waals surface area contributed by atoms with Crippen LogP contribution in [0, 0.1) is 13.8 Å². The van der Waals surface area contributed by atoms with Gasteiger partial charge in [-0.3, -0.25) is 4.79 Å². The van der Waals surface area contributed by atoms with E-state index in [-0.39, 0.29) is 0 Å². The second kappa shape index (κ2) is 3.18. The third-order valence-electron chi connectivity index (χ3n) is 1.91. The second-order valence-corrected chi connectivity index (χ2v) is 4.01. The Labute approximate surface area is 71.1 Å². The summed E-state index contributed by atoms with van der Waals surface area (Å²) in [5.74, 6) is 0. The molecule has 0 bridgehead atoms. The van der Waals surface area contributed by atoms with Crippen molar-refractivity contribution in [2.24, 2.45) is 0 Å². The highest BCUT2D eigenvalue weighted by atomic mass is 32.1. The highest BCUT2D eigenvalue weighted by Crippen LogP contribution is 2.25. The highest BCUT2D eigenvalue weighted by Gasteiger charge is 2.09. The van der Waals surface area contributed by atoms with Gasteiger partial charge in [0.05, 0.1) is 0 Å². The van der Waals surface area contributed by atoms with Crippen LogP contribution in [0.25, 0.3) is 0 Å². The van der Waals surface area contributed by atoms with Gasteiger partial charge < -0.3 is 0 Å². The Hall–Kier alpha value is -0.630. The van der Waals surface area contributed by atoms with Gasteiger partial charge in [-0.15, -0.1) is 11.3 Å². The Morgan fingerprint density at radius 2 is 2.00 bits per heavy atom. The monoisotopic (exact) mass is 168 g/mol. The van der Waals surface area contributed by atoms with E-state index < -0.39 is 0 Å². The molecule has 0 N–H and O–H groups in total. The minimum absolute atomic E-state index is 0.912. The number of hydrogen-bond acceptors (Lipinski definition) is 2. The molecule has 0 spiro atoms. The molecule has 0 fully saturated rings. The third-order valence-corrected chi connectivity index (χ3v) is 2.99. The molecule has 60 valence electrons. The van der Waals surface area contributed by atoms with Crippen molar-refractivity contribution in [3.05, 3.63) is 20.9 Å². The summed E-state index contributed by atoms with van der Waals surface area (Å²) >= 11 is 1.71. The number of rotatable bonds is 2. The maximum Gasteiger partial charge on any atom is 0.151 e. The summed E-state index contributed by atoms with van der Waals surface area (Å²) in [4.78, 5) is 13.1. The predicted octanol–water partition coefficient (Wildman–Crippen LogP) is 2.74. The van der Waals surface area contributed by atoms with Crippen molar-refractivity contribution < 1.29 is 4.79 Å². The summed E-state index contributed by atoms with van der Waals surface area (Å²) in [5.41, 5.74) is 2.14. The normalized spacial score (nSPS) is 10.1. The fourth-order valence-corrected chi connectivity index (χ4v) is 2.46. The minimum Gasteiger partial charge on any atom is -0.298 e. The Bertz CT molecular complexity index is 273. The van der Waals surface area contributed by atoms with Crippen LogP contribution in [0.5, 0.6) is 0 Å². The molecule has 2 heteroatoms. The first-order valence-corrected chi connectivity index (χ1v) is 4.56. The fourth-order valence-electron chi connectivity index (χ4n) is 1.34. The van der Waals surface area contributed by atoms with Gasteiger partial charge in [-0.2, -0.15) is 0 Å². The molecule has 1 aromatic rings. The highest BCUT2D eigenvalue weighted by molar-refractivity contribution is 7.12. The molecule has 0 aliphatic heterocycles. The first-order chi connectivity index (χ1) is 5.20. The lowest BCUT2D eigenvalue weighted by Crippen LogP contribution is -1.87. The van der Waals surface area contributed by atoms with Crippen molar-refractivity contribution in [2.45, 2.75) is 27.2 Å². The molecule has 0 aliphatic rings. The van der Waals surface area contributed by atoms with Crippen LogP contribution in [0.15, 0.2) is 0 Å². The van der Waals surface area contributed by atoms with Crippen LogP contribution in [0.1, 0.15) is 32.6 Å². The van der Waals surface area contributed by atoms with E-state index in [1.54, 1.807) is 11.3 Å². The summed E-state index contributed by atoms with van der Waals surface area (Å²) in [7, 11) is 0. The summed E-state index contributed by atoms with van der Waals surface area (Å²) in [6.07, 6.45) is 1.93. The number of carbonyl (C=O) groups is 1. The standard InChI is InChI=1S/C9H12OS/c1-4-8-6(2)11-7(3)9(8)5-10/h5H,4H2,1-3H3. The third kappa shape index (κ3) is 1.36. The van der Waals surface area contributed by atoms with Crippen LogP contribution in [-0.4, -0.2) is 6.29 Å². The molecule has 1 aromatic heterocycles. The zero-order valence-corrected chi connectivity index (χ0v) is 7.92. The van der Waals surface area contributed by atoms with Crippen LogP contribution in [0.3, 0.4) is 0 Å². The number of thiophene rings is 1. The average molecular weight is 168 g/mol. The molecule has 0 saturated carbocycles. The summed E-state index contributed by atoms with van der Waals surface area (Å²) in [5, 5.41) is 0. The molecule has 0 aromatic carbocycles. The van der Waals surface area contributed by atoms with Gasteiger partial charge in [0, 0.05) is 15.3 Å². The smallest absolute Gasteiger partial charge is 0.151 e.